The molecule has 3 heterocycles. The van der Waals surface area contributed by atoms with Gasteiger partial charge in [0, 0.05) is 52.4 Å². The first-order valence-corrected chi connectivity index (χ1v) is 13.6. The number of carbonyl (C=O) groups is 2. The van der Waals surface area contributed by atoms with Crippen molar-refractivity contribution in [1.29, 1.82) is 0 Å². The third kappa shape index (κ3) is 6.02. The number of nitrogens with zero attached hydrogens (tertiary/aromatic N) is 6. The van der Waals surface area contributed by atoms with Gasteiger partial charge in [-0.1, -0.05) is 42.5 Å². The van der Waals surface area contributed by atoms with Crippen LogP contribution in [0.2, 0.25) is 0 Å². The van der Waals surface area contributed by atoms with Crippen LogP contribution in [0.25, 0.3) is 11.0 Å². The van der Waals surface area contributed by atoms with Crippen molar-refractivity contribution in [3.8, 4) is 0 Å². The lowest BCUT2D eigenvalue weighted by Crippen LogP contribution is -2.52. The minimum atomic E-state index is -0.202. The number of likely N-dealkylation sites (N-methyl/N-ethyl adjacent to an activating group) is 1. The number of aromatic nitrogens is 2. The maximum atomic E-state index is 13.7. The molecular formula is C29H38N6O2. The van der Waals surface area contributed by atoms with Crippen molar-refractivity contribution in [2.24, 2.45) is 0 Å². The van der Waals surface area contributed by atoms with Crippen molar-refractivity contribution in [3.05, 3.63) is 66.0 Å². The van der Waals surface area contributed by atoms with Crippen LogP contribution in [-0.2, 0) is 11.3 Å². The average Bonchev–Trinajstić information content (AvgIpc) is 3.59. The Kier molecular flexibility index (Phi) is 8.16. The van der Waals surface area contributed by atoms with Crippen molar-refractivity contribution in [3.63, 3.8) is 0 Å². The molecule has 5 rings (SSSR count). The minimum Gasteiger partial charge on any atom is -0.339 e. The topological polar surface area (TPSA) is 64.9 Å². The molecule has 196 valence electrons. The highest BCUT2D eigenvalue weighted by Crippen LogP contribution is 2.20. The van der Waals surface area contributed by atoms with Crippen LogP contribution >= 0.6 is 0 Å². The summed E-state index contributed by atoms with van der Waals surface area (Å²) in [5.74, 6) is 0.193. The summed E-state index contributed by atoms with van der Waals surface area (Å²) in [6.07, 6.45) is 2.63. The molecule has 2 aliphatic heterocycles. The van der Waals surface area contributed by atoms with Gasteiger partial charge in [0.1, 0.15) is 6.54 Å². The fourth-order valence-corrected chi connectivity index (χ4v) is 5.41. The summed E-state index contributed by atoms with van der Waals surface area (Å²) in [7, 11) is 0. The van der Waals surface area contributed by atoms with Crippen LogP contribution in [0.1, 0.15) is 35.9 Å². The van der Waals surface area contributed by atoms with Crippen molar-refractivity contribution in [1.82, 2.24) is 29.2 Å². The van der Waals surface area contributed by atoms with Crippen LogP contribution in [0.15, 0.2) is 54.6 Å². The van der Waals surface area contributed by atoms with E-state index in [1.807, 2.05) is 58.9 Å². The van der Waals surface area contributed by atoms with Gasteiger partial charge in [0.15, 0.2) is 0 Å². The van der Waals surface area contributed by atoms with E-state index in [2.05, 4.69) is 21.9 Å². The van der Waals surface area contributed by atoms with E-state index < -0.39 is 0 Å². The number of hydrogen-bond acceptors (Lipinski definition) is 5. The maximum Gasteiger partial charge on any atom is 0.290 e. The van der Waals surface area contributed by atoms with Gasteiger partial charge in [-0.15, -0.1) is 0 Å². The van der Waals surface area contributed by atoms with E-state index >= 15 is 0 Å². The zero-order valence-corrected chi connectivity index (χ0v) is 21.9. The highest BCUT2D eigenvalue weighted by atomic mass is 16.2. The standard InChI is InChI=1S/C29H38N6O2/c1-2-33(23-27(36)34-20-18-32(19-21-34)17-16-31-14-8-9-15-31)29(37)28-30-25-12-6-7-13-26(25)35(28)22-24-10-4-3-5-11-24/h3-7,10-13H,2,8-9,14-23H2,1H3. The second-order valence-electron chi connectivity index (χ2n) is 10.1. The molecule has 0 bridgehead atoms. The summed E-state index contributed by atoms with van der Waals surface area (Å²) in [6, 6.07) is 17.9. The molecule has 0 aliphatic carbocycles. The Bertz CT molecular complexity index is 1200. The third-order valence-electron chi connectivity index (χ3n) is 7.68. The number of carbonyl (C=O) groups excluding carboxylic acids is 2. The fraction of sp³-hybridized carbons (Fsp3) is 0.483. The van der Waals surface area contributed by atoms with Gasteiger partial charge in [-0.3, -0.25) is 14.5 Å². The van der Waals surface area contributed by atoms with E-state index in [0.29, 0.717) is 18.9 Å². The number of piperazine rings is 1. The Hall–Kier alpha value is -3.23. The summed E-state index contributed by atoms with van der Waals surface area (Å²) < 4.78 is 1.97. The van der Waals surface area contributed by atoms with E-state index in [9.17, 15) is 9.59 Å². The van der Waals surface area contributed by atoms with E-state index in [4.69, 9.17) is 4.98 Å². The summed E-state index contributed by atoms with van der Waals surface area (Å²) in [5, 5.41) is 0. The number of likely N-dealkylation sites (tertiary alicyclic amines) is 1. The van der Waals surface area contributed by atoms with Gasteiger partial charge >= 0.3 is 0 Å². The van der Waals surface area contributed by atoms with Gasteiger partial charge in [0.05, 0.1) is 11.0 Å². The second-order valence-corrected chi connectivity index (χ2v) is 10.1. The van der Waals surface area contributed by atoms with Crippen molar-refractivity contribution in [2.75, 3.05) is 65.4 Å². The summed E-state index contributed by atoms with van der Waals surface area (Å²) in [4.78, 5) is 40.1. The number of fused-ring (bicyclic) bond motifs is 1. The molecular weight excluding hydrogens is 464 g/mol. The third-order valence-corrected chi connectivity index (χ3v) is 7.68. The molecule has 8 heteroatoms. The zero-order valence-electron chi connectivity index (χ0n) is 21.9. The predicted molar refractivity (Wildman–Crippen MR) is 146 cm³/mol. The van der Waals surface area contributed by atoms with Crippen LogP contribution in [-0.4, -0.2) is 106 Å². The molecule has 0 N–H and O–H groups in total. The molecule has 0 saturated carbocycles. The number of benzene rings is 2. The molecule has 0 radical (unpaired) electrons. The number of rotatable bonds is 9. The molecule has 37 heavy (non-hydrogen) atoms. The minimum absolute atomic E-state index is 0.0140. The number of para-hydroxylation sites is 2. The summed E-state index contributed by atoms with van der Waals surface area (Å²) in [6.45, 7) is 10.9. The molecule has 1 aromatic heterocycles. The lowest BCUT2D eigenvalue weighted by molar-refractivity contribution is -0.133. The molecule has 2 fully saturated rings. The van der Waals surface area contributed by atoms with Crippen LogP contribution in [0.4, 0.5) is 0 Å². The van der Waals surface area contributed by atoms with E-state index in [-0.39, 0.29) is 18.4 Å². The lowest BCUT2D eigenvalue weighted by Gasteiger charge is -2.36. The average molecular weight is 503 g/mol. The monoisotopic (exact) mass is 502 g/mol. The van der Waals surface area contributed by atoms with Crippen molar-refractivity contribution < 1.29 is 9.59 Å². The molecule has 2 aliphatic rings. The Labute approximate surface area is 219 Å². The fourth-order valence-electron chi connectivity index (χ4n) is 5.41. The molecule has 0 unspecified atom stereocenters. The molecule has 2 saturated heterocycles. The Morgan fingerprint density at radius 3 is 2.19 bits per heavy atom. The summed E-state index contributed by atoms with van der Waals surface area (Å²) in [5.41, 5.74) is 2.80. The largest absolute Gasteiger partial charge is 0.339 e. The number of imidazole rings is 1. The van der Waals surface area contributed by atoms with Gasteiger partial charge in [-0.25, -0.2) is 4.98 Å². The number of hydrogen-bond donors (Lipinski definition) is 0. The van der Waals surface area contributed by atoms with Crippen LogP contribution in [0.5, 0.6) is 0 Å². The molecule has 3 aromatic rings. The number of amides is 2. The van der Waals surface area contributed by atoms with E-state index in [1.54, 1.807) is 4.90 Å². The normalized spacial score (nSPS) is 16.9. The summed E-state index contributed by atoms with van der Waals surface area (Å²) >= 11 is 0. The first-order valence-electron chi connectivity index (χ1n) is 13.6. The second kappa shape index (κ2) is 11.9. The molecule has 0 spiro atoms. The van der Waals surface area contributed by atoms with Crippen molar-refractivity contribution >= 4 is 22.8 Å². The Balaban J connectivity index is 1.23. The molecule has 2 aromatic carbocycles. The van der Waals surface area contributed by atoms with Crippen molar-refractivity contribution in [2.45, 2.75) is 26.3 Å². The van der Waals surface area contributed by atoms with Crippen LogP contribution in [0, 0.1) is 0 Å². The van der Waals surface area contributed by atoms with Gasteiger partial charge in [-0.2, -0.15) is 0 Å². The van der Waals surface area contributed by atoms with Gasteiger partial charge in [-0.05, 0) is 50.6 Å². The molecule has 2 amide bonds. The zero-order chi connectivity index (χ0) is 25.6. The Morgan fingerprint density at radius 1 is 0.838 bits per heavy atom. The van der Waals surface area contributed by atoms with Crippen LogP contribution in [0.3, 0.4) is 0 Å². The van der Waals surface area contributed by atoms with Gasteiger partial charge in [0.25, 0.3) is 5.91 Å². The first kappa shape index (κ1) is 25.4. The predicted octanol–water partition coefficient (Wildman–Crippen LogP) is 2.79. The molecule has 8 nitrogen and oxygen atoms in total. The highest BCUT2D eigenvalue weighted by molar-refractivity contribution is 5.97. The van der Waals surface area contributed by atoms with E-state index in [1.165, 1.54) is 25.9 Å². The maximum absolute atomic E-state index is 13.7. The SMILES string of the molecule is CCN(CC(=O)N1CCN(CCN2CCCC2)CC1)C(=O)c1nc2ccccc2n1Cc1ccccc1. The lowest BCUT2D eigenvalue weighted by atomic mass is 10.2. The van der Waals surface area contributed by atoms with Gasteiger partial charge in [0.2, 0.25) is 11.7 Å². The molecule has 0 atom stereocenters. The van der Waals surface area contributed by atoms with E-state index in [0.717, 1.165) is 55.9 Å². The highest BCUT2D eigenvalue weighted by Gasteiger charge is 2.27. The van der Waals surface area contributed by atoms with Gasteiger partial charge < -0.3 is 19.3 Å². The quantitative estimate of drug-likeness (QED) is 0.450. The van der Waals surface area contributed by atoms with Crippen LogP contribution < -0.4 is 0 Å². The Morgan fingerprint density at radius 2 is 1.49 bits per heavy atom. The smallest absolute Gasteiger partial charge is 0.290 e. The first-order chi connectivity index (χ1) is 18.1.